The van der Waals surface area contributed by atoms with Crippen molar-refractivity contribution in [3.05, 3.63) is 42.2 Å². The molecule has 70 valence electrons. The summed E-state index contributed by atoms with van der Waals surface area (Å²) in [6, 6.07) is 7.76. The largest absolute Gasteiger partial charge is 0.463 e. The smallest absolute Gasteiger partial charge is 0.127 e. The summed E-state index contributed by atoms with van der Waals surface area (Å²) >= 11 is 0. The fraction of sp³-hybridized carbons (Fsp3) is 0.273. The minimum atomic E-state index is 0.0358. The fourth-order valence-corrected chi connectivity index (χ4v) is 1.06. The second-order valence-corrected chi connectivity index (χ2v) is 3.17. The van der Waals surface area contributed by atoms with Gasteiger partial charge in [0, 0.05) is 6.04 Å². The molecule has 0 aromatic heterocycles. The van der Waals surface area contributed by atoms with Crippen LogP contribution in [0.15, 0.2) is 36.6 Å². The highest BCUT2D eigenvalue weighted by molar-refractivity contribution is 5.31. The lowest BCUT2D eigenvalue weighted by molar-refractivity contribution is 0.429. The first-order valence-corrected chi connectivity index (χ1v) is 4.28. The van der Waals surface area contributed by atoms with Crippen LogP contribution in [0, 0.1) is 0 Å². The average molecular weight is 177 g/mol. The first kappa shape index (κ1) is 9.81. The molecule has 2 nitrogen and oxygen atoms in total. The molecule has 2 heteroatoms. The molecule has 0 saturated carbocycles. The quantitative estimate of drug-likeness (QED) is 0.720. The van der Waals surface area contributed by atoms with E-state index < -0.39 is 0 Å². The molecule has 1 rings (SSSR count). The molecule has 0 amide bonds. The highest BCUT2D eigenvalue weighted by Crippen LogP contribution is 2.18. The van der Waals surface area contributed by atoms with Gasteiger partial charge in [0.2, 0.25) is 0 Å². The second-order valence-electron chi connectivity index (χ2n) is 3.17. The van der Waals surface area contributed by atoms with E-state index >= 15 is 0 Å². The van der Waals surface area contributed by atoms with Crippen molar-refractivity contribution < 1.29 is 4.74 Å². The van der Waals surface area contributed by atoms with Crippen molar-refractivity contribution in [2.24, 2.45) is 5.73 Å². The Balaban J connectivity index is 2.85. The molecule has 0 aliphatic carbocycles. The number of benzene rings is 1. The molecule has 0 saturated heterocycles. The summed E-state index contributed by atoms with van der Waals surface area (Å²) in [4.78, 5) is 0. The Morgan fingerprint density at radius 1 is 1.54 bits per heavy atom. The highest BCUT2D eigenvalue weighted by Gasteiger charge is 2.00. The van der Waals surface area contributed by atoms with Crippen LogP contribution < -0.4 is 10.5 Å². The summed E-state index contributed by atoms with van der Waals surface area (Å²) in [6.45, 7) is 7.43. The van der Waals surface area contributed by atoms with Crippen molar-refractivity contribution in [3.8, 4) is 5.75 Å². The third-order valence-corrected chi connectivity index (χ3v) is 1.68. The molecule has 0 bridgehead atoms. The van der Waals surface area contributed by atoms with Crippen molar-refractivity contribution >= 4 is 0 Å². The third kappa shape index (κ3) is 2.92. The van der Waals surface area contributed by atoms with Crippen LogP contribution in [-0.2, 0) is 0 Å². The molecule has 13 heavy (non-hydrogen) atoms. The molecule has 0 spiro atoms. The summed E-state index contributed by atoms with van der Waals surface area (Å²) in [5, 5.41) is 0. The van der Waals surface area contributed by atoms with Gasteiger partial charge in [-0.3, -0.25) is 0 Å². The lowest BCUT2D eigenvalue weighted by atomic mass is 10.1. The predicted molar refractivity (Wildman–Crippen MR) is 54.5 cm³/mol. The van der Waals surface area contributed by atoms with E-state index in [1.807, 2.05) is 38.1 Å². The van der Waals surface area contributed by atoms with Gasteiger partial charge in [-0.2, -0.15) is 0 Å². The first-order valence-electron chi connectivity index (χ1n) is 4.28. The zero-order chi connectivity index (χ0) is 9.84. The Kier molecular flexibility index (Phi) is 3.09. The van der Waals surface area contributed by atoms with Crippen molar-refractivity contribution in [1.82, 2.24) is 0 Å². The van der Waals surface area contributed by atoms with E-state index in [-0.39, 0.29) is 6.04 Å². The SMILES string of the molecule is C=C(C)Oc1cccc(C(C)N)c1. The number of nitrogens with two attached hydrogens (primary N) is 1. The van der Waals surface area contributed by atoms with Gasteiger partial charge in [-0.25, -0.2) is 0 Å². The maximum absolute atomic E-state index is 5.74. The molecule has 1 aromatic carbocycles. The Labute approximate surface area is 79.0 Å². The predicted octanol–water partition coefficient (Wildman–Crippen LogP) is 2.62. The Morgan fingerprint density at radius 3 is 2.77 bits per heavy atom. The summed E-state index contributed by atoms with van der Waals surface area (Å²) in [7, 11) is 0. The lowest BCUT2D eigenvalue weighted by Crippen LogP contribution is -2.04. The van der Waals surface area contributed by atoms with E-state index in [2.05, 4.69) is 6.58 Å². The number of hydrogen-bond donors (Lipinski definition) is 1. The van der Waals surface area contributed by atoms with E-state index in [0.29, 0.717) is 5.76 Å². The summed E-state index contributed by atoms with van der Waals surface area (Å²) in [6.07, 6.45) is 0. The van der Waals surface area contributed by atoms with Gasteiger partial charge >= 0.3 is 0 Å². The zero-order valence-electron chi connectivity index (χ0n) is 8.08. The molecule has 2 N–H and O–H groups in total. The number of ether oxygens (including phenoxy) is 1. The molecule has 0 fully saturated rings. The Bertz CT molecular complexity index is 305. The molecule has 0 radical (unpaired) electrons. The Hall–Kier alpha value is -1.28. The van der Waals surface area contributed by atoms with Crippen LogP contribution in [0.3, 0.4) is 0 Å². The molecule has 1 unspecified atom stereocenters. The second kappa shape index (κ2) is 4.10. The average Bonchev–Trinajstić information content (AvgIpc) is 2.03. The van der Waals surface area contributed by atoms with Gasteiger partial charge in [0.25, 0.3) is 0 Å². The van der Waals surface area contributed by atoms with Gasteiger partial charge in [0.05, 0.1) is 5.76 Å². The summed E-state index contributed by atoms with van der Waals surface area (Å²) in [5.74, 6) is 1.48. The van der Waals surface area contributed by atoms with E-state index in [4.69, 9.17) is 10.5 Å². The molecule has 1 aromatic rings. The topological polar surface area (TPSA) is 35.2 Å². The number of allylic oxidation sites excluding steroid dienone is 1. The lowest BCUT2D eigenvalue weighted by Gasteiger charge is -2.08. The van der Waals surface area contributed by atoms with E-state index in [9.17, 15) is 0 Å². The molecular weight excluding hydrogens is 162 g/mol. The van der Waals surface area contributed by atoms with E-state index in [1.54, 1.807) is 0 Å². The van der Waals surface area contributed by atoms with Crippen molar-refractivity contribution in [2.45, 2.75) is 19.9 Å². The summed E-state index contributed by atoms with van der Waals surface area (Å²) < 4.78 is 5.36. The van der Waals surface area contributed by atoms with Crippen LogP contribution in [0.5, 0.6) is 5.75 Å². The van der Waals surface area contributed by atoms with Crippen molar-refractivity contribution in [3.63, 3.8) is 0 Å². The van der Waals surface area contributed by atoms with Crippen LogP contribution in [-0.4, -0.2) is 0 Å². The van der Waals surface area contributed by atoms with Crippen LogP contribution in [0.4, 0.5) is 0 Å². The van der Waals surface area contributed by atoms with Gasteiger partial charge in [-0.1, -0.05) is 18.7 Å². The monoisotopic (exact) mass is 177 g/mol. The third-order valence-electron chi connectivity index (χ3n) is 1.68. The van der Waals surface area contributed by atoms with Crippen LogP contribution in [0.1, 0.15) is 25.5 Å². The molecule has 0 aliphatic rings. The Morgan fingerprint density at radius 2 is 2.23 bits per heavy atom. The van der Waals surface area contributed by atoms with Crippen LogP contribution in [0.25, 0.3) is 0 Å². The van der Waals surface area contributed by atoms with E-state index in [0.717, 1.165) is 11.3 Å². The maximum atomic E-state index is 5.74. The van der Waals surface area contributed by atoms with Gasteiger partial charge in [0.1, 0.15) is 5.75 Å². The molecule has 1 atom stereocenters. The van der Waals surface area contributed by atoms with Crippen LogP contribution in [0.2, 0.25) is 0 Å². The fourth-order valence-electron chi connectivity index (χ4n) is 1.06. The molecule has 0 heterocycles. The van der Waals surface area contributed by atoms with Crippen molar-refractivity contribution in [2.75, 3.05) is 0 Å². The van der Waals surface area contributed by atoms with Gasteiger partial charge in [-0.15, -0.1) is 0 Å². The standard InChI is InChI=1S/C11H15NO/c1-8(2)13-11-6-4-5-10(7-11)9(3)12/h4-7,9H,1,12H2,2-3H3. The van der Waals surface area contributed by atoms with Gasteiger partial charge < -0.3 is 10.5 Å². The van der Waals surface area contributed by atoms with Crippen LogP contribution >= 0.6 is 0 Å². The first-order chi connectivity index (χ1) is 6.09. The molecular formula is C11H15NO. The zero-order valence-corrected chi connectivity index (χ0v) is 8.08. The minimum absolute atomic E-state index is 0.0358. The maximum Gasteiger partial charge on any atom is 0.127 e. The van der Waals surface area contributed by atoms with Gasteiger partial charge in [-0.05, 0) is 31.5 Å². The normalized spacial score (nSPS) is 12.2. The van der Waals surface area contributed by atoms with Gasteiger partial charge in [0.15, 0.2) is 0 Å². The number of rotatable bonds is 3. The number of hydrogen-bond acceptors (Lipinski definition) is 2. The summed E-state index contributed by atoms with van der Waals surface area (Å²) in [5.41, 5.74) is 6.80. The van der Waals surface area contributed by atoms with E-state index in [1.165, 1.54) is 0 Å². The van der Waals surface area contributed by atoms with Crippen molar-refractivity contribution in [1.29, 1.82) is 0 Å². The molecule has 0 aliphatic heterocycles. The minimum Gasteiger partial charge on any atom is -0.463 e. The highest BCUT2D eigenvalue weighted by atomic mass is 16.5.